The monoisotopic (exact) mass is 376 g/mol. The first kappa shape index (κ1) is 21.7. The third-order valence-electron chi connectivity index (χ3n) is 2.65. The van der Waals surface area contributed by atoms with Crippen LogP contribution in [0.5, 0.6) is 0 Å². The van der Waals surface area contributed by atoms with E-state index in [1.807, 2.05) is 0 Å². The molecule has 0 radical (unpaired) electrons. The normalized spacial score (nSPS) is 12.8. The highest BCUT2D eigenvalue weighted by Crippen LogP contribution is 1.98. The van der Waals surface area contributed by atoms with Gasteiger partial charge in [-0.1, -0.05) is 0 Å². The van der Waals surface area contributed by atoms with Crippen molar-refractivity contribution in [2.24, 2.45) is 10.2 Å². The SMILES string of the molecule is CNC(=S)NN=C(C)C(C)=NNC(=S)NC(CCC(=O)O)C(=O)O. The first-order valence-electron chi connectivity index (χ1n) is 6.75. The summed E-state index contributed by atoms with van der Waals surface area (Å²) < 4.78 is 0. The Morgan fingerprint density at radius 1 is 1.04 bits per heavy atom. The van der Waals surface area contributed by atoms with Crippen LogP contribution >= 0.6 is 24.4 Å². The van der Waals surface area contributed by atoms with Gasteiger partial charge in [0.25, 0.3) is 0 Å². The van der Waals surface area contributed by atoms with Gasteiger partial charge in [0.15, 0.2) is 10.2 Å². The highest BCUT2D eigenvalue weighted by molar-refractivity contribution is 7.80. The van der Waals surface area contributed by atoms with E-state index < -0.39 is 18.0 Å². The summed E-state index contributed by atoms with van der Waals surface area (Å²) in [5.41, 5.74) is 6.09. The van der Waals surface area contributed by atoms with Crippen LogP contribution in [0.15, 0.2) is 10.2 Å². The third-order valence-corrected chi connectivity index (χ3v) is 3.16. The van der Waals surface area contributed by atoms with E-state index in [0.717, 1.165) is 0 Å². The second kappa shape index (κ2) is 11.2. The molecule has 0 aliphatic carbocycles. The van der Waals surface area contributed by atoms with E-state index >= 15 is 0 Å². The maximum atomic E-state index is 11.0. The van der Waals surface area contributed by atoms with Crippen LogP contribution in [0, 0.1) is 0 Å². The summed E-state index contributed by atoms with van der Waals surface area (Å²) >= 11 is 9.80. The van der Waals surface area contributed by atoms with E-state index in [0.29, 0.717) is 16.5 Å². The molecule has 24 heavy (non-hydrogen) atoms. The van der Waals surface area contributed by atoms with Gasteiger partial charge in [0.2, 0.25) is 0 Å². The number of carbonyl (C=O) groups is 2. The van der Waals surface area contributed by atoms with Crippen molar-refractivity contribution in [2.75, 3.05) is 7.05 Å². The number of thiocarbonyl (C=S) groups is 2. The number of rotatable bonds is 8. The predicted octanol–water partition coefficient (Wildman–Crippen LogP) is -0.386. The Morgan fingerprint density at radius 3 is 1.96 bits per heavy atom. The molecule has 10 nitrogen and oxygen atoms in total. The molecule has 0 aromatic rings. The number of hydrazone groups is 2. The van der Waals surface area contributed by atoms with Gasteiger partial charge in [0.1, 0.15) is 6.04 Å². The quantitative estimate of drug-likeness (QED) is 0.188. The number of nitrogens with zero attached hydrogens (tertiary/aromatic N) is 2. The van der Waals surface area contributed by atoms with Gasteiger partial charge in [-0.3, -0.25) is 15.6 Å². The van der Waals surface area contributed by atoms with Crippen LogP contribution in [-0.2, 0) is 9.59 Å². The number of nitrogens with one attached hydrogen (secondary N) is 4. The van der Waals surface area contributed by atoms with Gasteiger partial charge in [-0.2, -0.15) is 10.2 Å². The molecule has 134 valence electrons. The van der Waals surface area contributed by atoms with Gasteiger partial charge in [0, 0.05) is 13.5 Å². The van der Waals surface area contributed by atoms with E-state index in [1.165, 1.54) is 0 Å². The van der Waals surface area contributed by atoms with Crippen molar-refractivity contribution >= 4 is 58.0 Å². The van der Waals surface area contributed by atoms with Crippen LogP contribution in [-0.4, -0.2) is 56.9 Å². The predicted molar refractivity (Wildman–Crippen MR) is 98.2 cm³/mol. The average Bonchev–Trinajstić information content (AvgIpc) is 2.52. The Morgan fingerprint density at radius 2 is 1.54 bits per heavy atom. The fraction of sp³-hybridized carbons (Fsp3) is 0.500. The average molecular weight is 376 g/mol. The second-order valence-electron chi connectivity index (χ2n) is 4.49. The van der Waals surface area contributed by atoms with E-state index in [9.17, 15) is 9.59 Å². The van der Waals surface area contributed by atoms with Crippen LogP contribution in [0.1, 0.15) is 26.7 Å². The largest absolute Gasteiger partial charge is 0.481 e. The highest BCUT2D eigenvalue weighted by Gasteiger charge is 2.19. The topological polar surface area (TPSA) is 147 Å². The first-order valence-corrected chi connectivity index (χ1v) is 7.56. The van der Waals surface area contributed by atoms with Crippen molar-refractivity contribution in [1.29, 1.82) is 0 Å². The van der Waals surface area contributed by atoms with Crippen molar-refractivity contribution in [1.82, 2.24) is 21.5 Å². The molecule has 0 saturated heterocycles. The molecular formula is C12H20N6O4S2. The Labute approximate surface area is 149 Å². The van der Waals surface area contributed by atoms with Gasteiger partial charge < -0.3 is 20.8 Å². The summed E-state index contributed by atoms with van der Waals surface area (Å²) in [5.74, 6) is -2.29. The van der Waals surface area contributed by atoms with Gasteiger partial charge in [-0.15, -0.1) is 0 Å². The molecule has 0 aromatic carbocycles. The zero-order valence-corrected chi connectivity index (χ0v) is 15.0. The Hall–Kier alpha value is -2.34. The minimum Gasteiger partial charge on any atom is -0.481 e. The molecule has 1 atom stereocenters. The molecule has 0 aliphatic rings. The lowest BCUT2D eigenvalue weighted by Crippen LogP contribution is -2.45. The van der Waals surface area contributed by atoms with E-state index in [1.54, 1.807) is 20.9 Å². The molecule has 0 fully saturated rings. The summed E-state index contributed by atoms with van der Waals surface area (Å²) in [4.78, 5) is 21.6. The van der Waals surface area contributed by atoms with Crippen LogP contribution in [0.4, 0.5) is 0 Å². The van der Waals surface area contributed by atoms with Crippen molar-refractivity contribution in [2.45, 2.75) is 32.7 Å². The lowest BCUT2D eigenvalue weighted by atomic mass is 10.1. The zero-order valence-electron chi connectivity index (χ0n) is 13.4. The molecule has 0 aromatic heterocycles. The second-order valence-corrected chi connectivity index (χ2v) is 5.31. The van der Waals surface area contributed by atoms with Crippen molar-refractivity contribution < 1.29 is 19.8 Å². The molecule has 0 bridgehead atoms. The van der Waals surface area contributed by atoms with Crippen LogP contribution in [0.2, 0.25) is 0 Å². The van der Waals surface area contributed by atoms with Gasteiger partial charge in [-0.25, -0.2) is 4.79 Å². The van der Waals surface area contributed by atoms with E-state index in [-0.39, 0.29) is 18.0 Å². The molecular weight excluding hydrogens is 356 g/mol. The zero-order chi connectivity index (χ0) is 18.7. The van der Waals surface area contributed by atoms with Crippen molar-refractivity contribution in [3.05, 3.63) is 0 Å². The fourth-order valence-corrected chi connectivity index (χ4v) is 1.44. The Balaban J connectivity index is 4.59. The minimum absolute atomic E-state index is 0.0429. The molecule has 12 heteroatoms. The molecule has 0 rings (SSSR count). The first-order chi connectivity index (χ1) is 11.2. The summed E-state index contributed by atoms with van der Waals surface area (Å²) in [5, 5.41) is 31.0. The van der Waals surface area contributed by atoms with Crippen LogP contribution in [0.3, 0.4) is 0 Å². The standard InChI is InChI=1S/C12H20N6O4S2/c1-6(15-17-11(23)13-3)7(2)16-18-12(24)14-8(10(21)22)4-5-9(19)20/h8H,4-5H2,1-3H3,(H,19,20)(H,21,22)(H2,13,17,23)(H2,14,18,24). The lowest BCUT2D eigenvalue weighted by Gasteiger charge is -2.15. The molecule has 0 spiro atoms. The number of carboxylic acids is 2. The molecule has 0 saturated carbocycles. The summed E-state index contributed by atoms with van der Waals surface area (Å²) in [6.07, 6.45) is -0.404. The van der Waals surface area contributed by atoms with E-state index in [2.05, 4.69) is 31.7 Å². The third kappa shape index (κ3) is 9.63. The van der Waals surface area contributed by atoms with E-state index in [4.69, 9.17) is 34.6 Å². The van der Waals surface area contributed by atoms with Crippen molar-refractivity contribution in [3.8, 4) is 0 Å². The summed E-state index contributed by atoms with van der Waals surface area (Å²) in [7, 11) is 1.65. The maximum absolute atomic E-state index is 11.0. The highest BCUT2D eigenvalue weighted by atomic mass is 32.1. The Kier molecular flexibility index (Phi) is 10.1. The minimum atomic E-state index is -1.20. The number of carboxylic acid groups (broad SMARTS) is 2. The summed E-state index contributed by atoms with van der Waals surface area (Å²) in [6, 6.07) is -1.12. The molecule has 1 unspecified atom stereocenters. The molecule has 0 amide bonds. The van der Waals surface area contributed by atoms with Crippen LogP contribution < -0.4 is 21.5 Å². The molecule has 0 heterocycles. The molecule has 6 N–H and O–H groups in total. The number of aliphatic carboxylic acids is 2. The van der Waals surface area contributed by atoms with Gasteiger partial charge >= 0.3 is 11.9 Å². The maximum Gasteiger partial charge on any atom is 0.326 e. The number of hydrogen-bond donors (Lipinski definition) is 6. The Bertz CT molecular complexity index is 564. The van der Waals surface area contributed by atoms with Gasteiger partial charge in [0.05, 0.1) is 11.4 Å². The lowest BCUT2D eigenvalue weighted by molar-refractivity contribution is -0.140. The fourth-order valence-electron chi connectivity index (χ4n) is 1.20. The summed E-state index contributed by atoms with van der Waals surface area (Å²) in [6.45, 7) is 3.35. The van der Waals surface area contributed by atoms with Crippen LogP contribution in [0.25, 0.3) is 0 Å². The number of hydrogen-bond acceptors (Lipinski definition) is 6. The van der Waals surface area contributed by atoms with Gasteiger partial charge in [-0.05, 0) is 44.7 Å². The molecule has 0 aliphatic heterocycles. The van der Waals surface area contributed by atoms with Crippen molar-refractivity contribution in [3.63, 3.8) is 0 Å². The smallest absolute Gasteiger partial charge is 0.326 e.